The van der Waals surface area contributed by atoms with E-state index in [2.05, 4.69) is 0 Å². The summed E-state index contributed by atoms with van der Waals surface area (Å²) in [4.78, 5) is 0. The Kier molecular flexibility index (Phi) is 4.57. The number of halogens is 3. The highest BCUT2D eigenvalue weighted by Crippen LogP contribution is 2.30. The van der Waals surface area contributed by atoms with Crippen LogP contribution in [0.3, 0.4) is 0 Å². The second-order valence-electron chi connectivity index (χ2n) is 4.30. The van der Waals surface area contributed by atoms with E-state index >= 15 is 0 Å². The maximum absolute atomic E-state index is 14.0. The van der Waals surface area contributed by atoms with Crippen molar-refractivity contribution in [3.05, 3.63) is 64.2 Å². The van der Waals surface area contributed by atoms with E-state index in [0.717, 1.165) is 0 Å². The average Bonchev–Trinajstić information content (AvgIpc) is 2.44. The molecular weight excluding hydrogens is 286 g/mol. The monoisotopic (exact) mass is 298 g/mol. The normalized spacial score (nSPS) is 12.2. The van der Waals surface area contributed by atoms with Gasteiger partial charge in [-0.3, -0.25) is 0 Å². The van der Waals surface area contributed by atoms with Gasteiger partial charge in [-0.2, -0.15) is 0 Å². The molecule has 0 amide bonds. The summed E-state index contributed by atoms with van der Waals surface area (Å²) in [5.74, 6) is -1.06. The van der Waals surface area contributed by atoms with Crippen molar-refractivity contribution in [1.82, 2.24) is 0 Å². The Morgan fingerprint density at radius 3 is 2.60 bits per heavy atom. The van der Waals surface area contributed by atoms with Crippen LogP contribution in [0.15, 0.2) is 36.4 Å². The molecule has 1 N–H and O–H groups in total. The SMILES string of the molecule is COc1cccc(CC(O)c2cccc(F)c2Cl)c1F. The first-order chi connectivity index (χ1) is 9.54. The van der Waals surface area contributed by atoms with Crippen LogP contribution in [0.25, 0.3) is 0 Å². The van der Waals surface area contributed by atoms with E-state index in [1.807, 2.05) is 0 Å². The minimum absolute atomic E-state index is 0.0216. The lowest BCUT2D eigenvalue weighted by Gasteiger charge is -2.14. The average molecular weight is 299 g/mol. The number of aliphatic hydroxyl groups excluding tert-OH is 1. The Balaban J connectivity index is 2.28. The van der Waals surface area contributed by atoms with Crippen LogP contribution in [0.4, 0.5) is 8.78 Å². The molecule has 0 fully saturated rings. The summed E-state index contributed by atoms with van der Waals surface area (Å²) in [5.41, 5.74) is 0.506. The molecule has 0 bridgehead atoms. The molecule has 5 heteroatoms. The van der Waals surface area contributed by atoms with E-state index in [1.165, 1.54) is 37.4 Å². The number of methoxy groups -OCH3 is 1. The Labute approximate surface area is 120 Å². The topological polar surface area (TPSA) is 29.5 Å². The second-order valence-corrected chi connectivity index (χ2v) is 4.67. The third-order valence-corrected chi connectivity index (χ3v) is 3.42. The van der Waals surface area contributed by atoms with Crippen LogP contribution in [0.1, 0.15) is 17.2 Å². The molecule has 2 nitrogen and oxygen atoms in total. The first-order valence-corrected chi connectivity index (χ1v) is 6.35. The summed E-state index contributed by atoms with van der Waals surface area (Å²) >= 11 is 5.80. The number of aliphatic hydroxyl groups is 1. The maximum Gasteiger partial charge on any atom is 0.168 e. The van der Waals surface area contributed by atoms with Crippen LogP contribution in [0.2, 0.25) is 5.02 Å². The highest BCUT2D eigenvalue weighted by atomic mass is 35.5. The van der Waals surface area contributed by atoms with Crippen LogP contribution in [-0.4, -0.2) is 12.2 Å². The van der Waals surface area contributed by atoms with Gasteiger partial charge in [-0.25, -0.2) is 8.78 Å². The third-order valence-electron chi connectivity index (χ3n) is 3.02. The van der Waals surface area contributed by atoms with Gasteiger partial charge in [0, 0.05) is 12.0 Å². The van der Waals surface area contributed by atoms with Gasteiger partial charge in [-0.15, -0.1) is 0 Å². The summed E-state index contributed by atoms with van der Waals surface area (Å²) in [5, 5.41) is 9.96. The van der Waals surface area contributed by atoms with Gasteiger partial charge < -0.3 is 9.84 Å². The molecule has 0 aliphatic rings. The Hall–Kier alpha value is -1.65. The number of hydrogen-bond donors (Lipinski definition) is 1. The molecule has 0 heterocycles. The first-order valence-electron chi connectivity index (χ1n) is 5.98. The summed E-state index contributed by atoms with van der Waals surface area (Å²) in [6.07, 6.45) is -1.12. The summed E-state index contributed by atoms with van der Waals surface area (Å²) < 4.78 is 32.2. The van der Waals surface area contributed by atoms with Crippen molar-refractivity contribution in [2.75, 3.05) is 7.11 Å². The van der Waals surface area contributed by atoms with E-state index < -0.39 is 17.7 Å². The molecule has 0 spiro atoms. The zero-order chi connectivity index (χ0) is 14.7. The zero-order valence-electron chi connectivity index (χ0n) is 10.7. The Morgan fingerprint density at radius 1 is 1.20 bits per heavy atom. The second kappa shape index (κ2) is 6.20. The molecule has 1 atom stereocenters. The van der Waals surface area contributed by atoms with Gasteiger partial charge in [0.05, 0.1) is 18.2 Å². The van der Waals surface area contributed by atoms with Gasteiger partial charge in [0.25, 0.3) is 0 Å². The van der Waals surface area contributed by atoms with E-state index in [9.17, 15) is 13.9 Å². The number of ether oxygens (including phenoxy) is 1. The van der Waals surface area contributed by atoms with Crippen molar-refractivity contribution in [2.45, 2.75) is 12.5 Å². The van der Waals surface area contributed by atoms with Crippen molar-refractivity contribution < 1.29 is 18.6 Å². The highest BCUT2D eigenvalue weighted by Gasteiger charge is 2.18. The molecule has 0 aliphatic carbocycles. The summed E-state index contributed by atoms with van der Waals surface area (Å²) in [7, 11) is 1.36. The molecule has 20 heavy (non-hydrogen) atoms. The molecule has 2 aromatic carbocycles. The molecule has 106 valence electrons. The molecule has 0 radical (unpaired) electrons. The quantitative estimate of drug-likeness (QED) is 0.927. The van der Waals surface area contributed by atoms with Gasteiger partial charge in [-0.1, -0.05) is 35.9 Å². The molecule has 0 saturated heterocycles. The first kappa shape index (κ1) is 14.8. The van der Waals surface area contributed by atoms with Crippen LogP contribution in [0.5, 0.6) is 5.75 Å². The molecule has 2 rings (SSSR count). The highest BCUT2D eigenvalue weighted by molar-refractivity contribution is 6.31. The number of rotatable bonds is 4. The largest absolute Gasteiger partial charge is 0.494 e. The fraction of sp³-hybridized carbons (Fsp3) is 0.200. The lowest BCUT2D eigenvalue weighted by Crippen LogP contribution is -2.05. The van der Waals surface area contributed by atoms with E-state index in [1.54, 1.807) is 6.07 Å². The van der Waals surface area contributed by atoms with Crippen LogP contribution < -0.4 is 4.74 Å². The molecular formula is C15H13ClF2O2. The minimum atomic E-state index is -1.10. The van der Waals surface area contributed by atoms with Gasteiger partial charge in [0.1, 0.15) is 5.82 Å². The fourth-order valence-electron chi connectivity index (χ4n) is 1.97. The van der Waals surface area contributed by atoms with Crippen molar-refractivity contribution in [1.29, 1.82) is 0 Å². The Morgan fingerprint density at radius 2 is 1.90 bits per heavy atom. The van der Waals surface area contributed by atoms with Crippen molar-refractivity contribution >= 4 is 11.6 Å². The summed E-state index contributed by atoms with van der Waals surface area (Å²) in [6.45, 7) is 0. The number of benzene rings is 2. The maximum atomic E-state index is 14.0. The number of hydrogen-bond acceptors (Lipinski definition) is 2. The van der Waals surface area contributed by atoms with E-state index in [0.29, 0.717) is 0 Å². The van der Waals surface area contributed by atoms with Gasteiger partial charge >= 0.3 is 0 Å². The zero-order valence-corrected chi connectivity index (χ0v) is 11.5. The van der Waals surface area contributed by atoms with Gasteiger partial charge in [0.2, 0.25) is 0 Å². The lowest BCUT2D eigenvalue weighted by atomic mass is 10.0. The molecule has 1 unspecified atom stereocenters. The molecule has 0 saturated carbocycles. The smallest absolute Gasteiger partial charge is 0.168 e. The predicted octanol–water partition coefficient (Wildman–Crippen LogP) is 3.90. The fourth-order valence-corrected chi connectivity index (χ4v) is 2.22. The lowest BCUT2D eigenvalue weighted by molar-refractivity contribution is 0.176. The molecule has 0 aromatic heterocycles. The Bertz CT molecular complexity index is 617. The third kappa shape index (κ3) is 2.92. The molecule has 2 aromatic rings. The predicted molar refractivity (Wildman–Crippen MR) is 73.0 cm³/mol. The van der Waals surface area contributed by atoms with E-state index in [4.69, 9.17) is 16.3 Å². The van der Waals surface area contributed by atoms with Crippen LogP contribution in [-0.2, 0) is 6.42 Å². The van der Waals surface area contributed by atoms with Crippen LogP contribution in [0, 0.1) is 11.6 Å². The van der Waals surface area contributed by atoms with Crippen molar-refractivity contribution in [3.63, 3.8) is 0 Å². The van der Waals surface area contributed by atoms with Crippen molar-refractivity contribution in [3.8, 4) is 5.75 Å². The minimum Gasteiger partial charge on any atom is -0.494 e. The van der Waals surface area contributed by atoms with Crippen LogP contribution >= 0.6 is 11.6 Å². The molecule has 0 aliphatic heterocycles. The summed E-state index contributed by atoms with van der Waals surface area (Å²) in [6, 6.07) is 8.80. The standard InChI is InChI=1S/C15H13ClF2O2/c1-20-13-7-2-4-9(15(13)18)8-12(19)10-5-3-6-11(17)14(10)16/h2-7,12,19H,8H2,1H3. The van der Waals surface area contributed by atoms with E-state index in [-0.39, 0.29) is 28.3 Å². The van der Waals surface area contributed by atoms with Crippen molar-refractivity contribution in [2.24, 2.45) is 0 Å². The van der Waals surface area contributed by atoms with Gasteiger partial charge in [-0.05, 0) is 17.7 Å². The van der Waals surface area contributed by atoms with Gasteiger partial charge in [0.15, 0.2) is 11.6 Å².